The minimum atomic E-state index is -4.47. The van der Waals surface area contributed by atoms with Gasteiger partial charge >= 0.3 is 12.1 Å². The average molecular weight is 331 g/mol. The van der Waals surface area contributed by atoms with E-state index in [1.54, 1.807) is 0 Å². The number of carbonyl (C=O) groups is 1. The van der Waals surface area contributed by atoms with Crippen LogP contribution in [0.4, 0.5) is 13.2 Å². The van der Waals surface area contributed by atoms with Gasteiger partial charge in [0.1, 0.15) is 0 Å². The molecule has 2 aromatic rings. The lowest BCUT2D eigenvalue weighted by Crippen LogP contribution is -2.10. The van der Waals surface area contributed by atoms with Crippen molar-refractivity contribution in [1.82, 2.24) is 0 Å². The van der Waals surface area contributed by atoms with Crippen LogP contribution < -0.4 is 0 Å². The summed E-state index contributed by atoms with van der Waals surface area (Å²) < 4.78 is 38.1. The Kier molecular flexibility index (Phi) is 4.44. The molecule has 0 radical (unpaired) electrons. The molecule has 2 N–H and O–H groups in total. The Bertz CT molecular complexity index is 713. The number of alkyl halides is 3. The van der Waals surface area contributed by atoms with Gasteiger partial charge in [0.15, 0.2) is 6.10 Å². The van der Waals surface area contributed by atoms with Crippen molar-refractivity contribution in [3.05, 3.63) is 58.6 Å². The number of carboxylic acid groups (broad SMARTS) is 1. The lowest BCUT2D eigenvalue weighted by atomic mass is 10.00. The Morgan fingerprint density at radius 3 is 2.36 bits per heavy atom. The van der Waals surface area contributed by atoms with Crippen molar-refractivity contribution in [3.63, 3.8) is 0 Å². The van der Waals surface area contributed by atoms with E-state index in [0.717, 1.165) is 12.1 Å². The molecule has 0 aromatic heterocycles. The third kappa shape index (κ3) is 3.40. The molecule has 0 bridgehead atoms. The number of carboxylic acids is 1. The molecule has 116 valence electrons. The third-order valence-electron chi connectivity index (χ3n) is 3.04. The molecule has 22 heavy (non-hydrogen) atoms. The summed E-state index contributed by atoms with van der Waals surface area (Å²) >= 11 is 5.99. The van der Waals surface area contributed by atoms with Gasteiger partial charge in [0, 0.05) is 10.6 Å². The van der Waals surface area contributed by atoms with Crippen LogP contribution in [0.3, 0.4) is 0 Å². The highest BCUT2D eigenvalue weighted by atomic mass is 35.5. The van der Waals surface area contributed by atoms with Gasteiger partial charge in [-0.05, 0) is 29.3 Å². The predicted octanol–water partition coefficient (Wildman–Crippen LogP) is 4.14. The summed E-state index contributed by atoms with van der Waals surface area (Å²) in [6.07, 6.45) is -6.21. The van der Waals surface area contributed by atoms with Gasteiger partial charge in [-0.25, -0.2) is 4.79 Å². The second-order valence-corrected chi connectivity index (χ2v) is 4.97. The molecule has 0 spiro atoms. The fraction of sp³-hybridized carbons (Fsp3) is 0.133. The molecule has 0 aliphatic carbocycles. The quantitative estimate of drug-likeness (QED) is 0.889. The minimum absolute atomic E-state index is 0.0493. The Balaban J connectivity index is 2.44. The van der Waals surface area contributed by atoms with Gasteiger partial charge in [-0.15, -0.1) is 0 Å². The summed E-state index contributed by atoms with van der Waals surface area (Å²) in [5.41, 5.74) is -0.200. The maximum atomic E-state index is 12.7. The number of hydrogen-bond acceptors (Lipinski definition) is 2. The van der Waals surface area contributed by atoms with E-state index in [0.29, 0.717) is 5.56 Å². The molecule has 0 aliphatic heterocycles. The fourth-order valence-electron chi connectivity index (χ4n) is 1.94. The van der Waals surface area contributed by atoms with E-state index < -0.39 is 23.8 Å². The number of aliphatic carboxylic acids is 1. The molecule has 2 aromatic carbocycles. The molecule has 0 amide bonds. The molecule has 0 fully saturated rings. The van der Waals surface area contributed by atoms with Crippen LogP contribution in [0.2, 0.25) is 5.02 Å². The second kappa shape index (κ2) is 5.98. The van der Waals surface area contributed by atoms with Crippen molar-refractivity contribution in [2.45, 2.75) is 12.3 Å². The normalized spacial score (nSPS) is 13.0. The Morgan fingerprint density at radius 1 is 1.14 bits per heavy atom. The fourth-order valence-corrected chi connectivity index (χ4v) is 2.24. The van der Waals surface area contributed by atoms with E-state index in [1.165, 1.54) is 30.3 Å². The first kappa shape index (κ1) is 16.3. The van der Waals surface area contributed by atoms with Crippen molar-refractivity contribution in [2.24, 2.45) is 0 Å². The van der Waals surface area contributed by atoms with Crippen LogP contribution >= 0.6 is 11.6 Å². The van der Waals surface area contributed by atoms with E-state index in [2.05, 4.69) is 0 Å². The Labute approximate surface area is 128 Å². The van der Waals surface area contributed by atoms with Crippen LogP contribution in [0.1, 0.15) is 17.2 Å². The smallest absolute Gasteiger partial charge is 0.416 e. The number of aliphatic hydroxyl groups is 1. The van der Waals surface area contributed by atoms with Crippen molar-refractivity contribution < 1.29 is 28.2 Å². The number of rotatable bonds is 3. The number of benzene rings is 2. The van der Waals surface area contributed by atoms with Crippen LogP contribution in [0, 0.1) is 0 Å². The number of aliphatic hydroxyl groups excluding tert-OH is 1. The van der Waals surface area contributed by atoms with E-state index in [9.17, 15) is 23.1 Å². The zero-order chi connectivity index (χ0) is 16.5. The first-order chi connectivity index (χ1) is 10.2. The molecular weight excluding hydrogens is 321 g/mol. The molecule has 1 atom stereocenters. The van der Waals surface area contributed by atoms with Crippen LogP contribution in [0.25, 0.3) is 11.1 Å². The topological polar surface area (TPSA) is 57.5 Å². The van der Waals surface area contributed by atoms with Crippen LogP contribution in [-0.2, 0) is 11.0 Å². The largest absolute Gasteiger partial charge is 0.479 e. The average Bonchev–Trinajstić information content (AvgIpc) is 2.45. The number of hydrogen-bond donors (Lipinski definition) is 2. The van der Waals surface area contributed by atoms with Crippen LogP contribution in [-0.4, -0.2) is 16.2 Å². The maximum Gasteiger partial charge on any atom is 0.416 e. The highest BCUT2D eigenvalue weighted by Gasteiger charge is 2.30. The first-order valence-electron chi connectivity index (χ1n) is 6.08. The summed E-state index contributed by atoms with van der Waals surface area (Å²) in [5.74, 6) is -1.44. The monoisotopic (exact) mass is 330 g/mol. The predicted molar refractivity (Wildman–Crippen MR) is 74.5 cm³/mol. The molecule has 7 heteroatoms. The van der Waals surface area contributed by atoms with Crippen molar-refractivity contribution >= 4 is 17.6 Å². The summed E-state index contributed by atoms with van der Waals surface area (Å²) in [5, 5.41) is 18.2. The van der Waals surface area contributed by atoms with Gasteiger partial charge < -0.3 is 10.2 Å². The van der Waals surface area contributed by atoms with E-state index in [-0.39, 0.29) is 16.1 Å². The van der Waals surface area contributed by atoms with E-state index in [1.807, 2.05) is 0 Å². The second-order valence-electron chi connectivity index (χ2n) is 4.56. The minimum Gasteiger partial charge on any atom is -0.479 e. The molecule has 2 rings (SSSR count). The van der Waals surface area contributed by atoms with Crippen LogP contribution in [0.5, 0.6) is 0 Å². The van der Waals surface area contributed by atoms with Crippen molar-refractivity contribution in [1.29, 1.82) is 0 Å². The van der Waals surface area contributed by atoms with Gasteiger partial charge in [-0.2, -0.15) is 13.2 Å². The summed E-state index contributed by atoms with van der Waals surface area (Å²) in [6, 6.07) is 8.52. The van der Waals surface area contributed by atoms with E-state index in [4.69, 9.17) is 16.7 Å². The first-order valence-corrected chi connectivity index (χ1v) is 6.46. The zero-order valence-electron chi connectivity index (χ0n) is 10.9. The van der Waals surface area contributed by atoms with Gasteiger partial charge in [-0.3, -0.25) is 0 Å². The molecule has 1 unspecified atom stereocenters. The summed E-state index contributed by atoms with van der Waals surface area (Å²) in [7, 11) is 0. The molecule has 0 saturated heterocycles. The van der Waals surface area contributed by atoms with Gasteiger partial charge in [0.2, 0.25) is 0 Å². The zero-order valence-corrected chi connectivity index (χ0v) is 11.7. The van der Waals surface area contributed by atoms with E-state index >= 15 is 0 Å². The summed E-state index contributed by atoms with van der Waals surface area (Å²) in [6.45, 7) is 0. The Morgan fingerprint density at radius 2 is 1.82 bits per heavy atom. The highest BCUT2D eigenvalue weighted by molar-refractivity contribution is 6.33. The Hall–Kier alpha value is -2.05. The molecule has 0 heterocycles. The lowest BCUT2D eigenvalue weighted by Gasteiger charge is -2.12. The molecule has 0 aliphatic rings. The standard InChI is InChI=1S/C15H10ClF3O3/c16-12-7-9(13(20)14(21)22)4-5-11(12)8-2-1-3-10(6-8)15(17,18)19/h1-7,13,20H,(H,21,22). The van der Waals surface area contributed by atoms with Gasteiger partial charge in [-0.1, -0.05) is 35.9 Å². The van der Waals surface area contributed by atoms with Crippen molar-refractivity contribution in [3.8, 4) is 11.1 Å². The third-order valence-corrected chi connectivity index (χ3v) is 3.36. The highest BCUT2D eigenvalue weighted by Crippen LogP contribution is 2.35. The van der Waals surface area contributed by atoms with Gasteiger partial charge in [0.05, 0.1) is 5.56 Å². The molecule has 3 nitrogen and oxygen atoms in total. The van der Waals surface area contributed by atoms with Crippen LogP contribution in [0.15, 0.2) is 42.5 Å². The number of halogens is 4. The lowest BCUT2D eigenvalue weighted by molar-refractivity contribution is -0.147. The summed E-state index contributed by atoms with van der Waals surface area (Å²) in [4.78, 5) is 10.7. The maximum absolute atomic E-state index is 12.7. The van der Waals surface area contributed by atoms with Gasteiger partial charge in [0.25, 0.3) is 0 Å². The van der Waals surface area contributed by atoms with Crippen molar-refractivity contribution in [2.75, 3.05) is 0 Å². The SMILES string of the molecule is O=C(O)C(O)c1ccc(-c2cccc(C(F)(F)F)c2)c(Cl)c1. The molecular formula is C15H10ClF3O3. The molecule has 0 saturated carbocycles.